The molecule has 4 N–H and O–H groups in total. The van der Waals surface area contributed by atoms with Gasteiger partial charge in [0.15, 0.2) is 0 Å². The predicted octanol–water partition coefficient (Wildman–Crippen LogP) is 3.47. The maximum Gasteiger partial charge on any atom is 0.472 e. The summed E-state index contributed by atoms with van der Waals surface area (Å²) >= 11 is 0. The SMILES string of the molecule is [2H]C([2H])(OC(=O)CCCCCCCCCCCCCC)[C@@]([2H])(O)C([2H])([2H])OP(=O)(O)OCC(O)CO. The van der Waals surface area contributed by atoms with Gasteiger partial charge in [-0.25, -0.2) is 4.57 Å². The highest BCUT2D eigenvalue weighted by Crippen LogP contribution is 2.43. The van der Waals surface area contributed by atoms with Crippen molar-refractivity contribution in [1.82, 2.24) is 0 Å². The number of phosphoric acid groups is 1. The minimum atomic E-state index is -5.36. The second-order valence-electron chi connectivity index (χ2n) is 7.36. The van der Waals surface area contributed by atoms with Crippen molar-refractivity contribution in [2.24, 2.45) is 0 Å². The zero-order valence-corrected chi connectivity index (χ0v) is 19.4. The molecule has 2 unspecified atom stereocenters. The number of carbonyl (C=O) groups excluding carboxylic acids is 1. The summed E-state index contributed by atoms with van der Waals surface area (Å²) in [4.78, 5) is 21.5. The van der Waals surface area contributed by atoms with Crippen LogP contribution in [0.5, 0.6) is 0 Å². The van der Waals surface area contributed by atoms with E-state index in [0.717, 1.165) is 25.7 Å². The minimum absolute atomic E-state index is 0.225. The molecule has 0 saturated carbocycles. The number of carbonyl (C=O) groups is 1. The second kappa shape index (κ2) is 20.1. The summed E-state index contributed by atoms with van der Waals surface area (Å²) in [5.74, 6) is -1.12. The number of rotatable bonds is 22. The Morgan fingerprint density at radius 2 is 1.45 bits per heavy atom. The Morgan fingerprint density at radius 1 is 0.935 bits per heavy atom. The van der Waals surface area contributed by atoms with Gasteiger partial charge >= 0.3 is 13.8 Å². The fourth-order valence-electron chi connectivity index (χ4n) is 2.65. The van der Waals surface area contributed by atoms with Crippen LogP contribution in [-0.4, -0.2) is 64.7 Å². The van der Waals surface area contributed by atoms with Crippen LogP contribution < -0.4 is 0 Å². The lowest BCUT2D eigenvalue weighted by Crippen LogP contribution is -2.24. The van der Waals surface area contributed by atoms with Gasteiger partial charge in [0.05, 0.1) is 26.6 Å². The molecular formula is C21H43O9P. The van der Waals surface area contributed by atoms with Gasteiger partial charge in [0, 0.05) is 6.42 Å². The van der Waals surface area contributed by atoms with Gasteiger partial charge < -0.3 is 24.9 Å². The molecule has 0 amide bonds. The topological polar surface area (TPSA) is 143 Å². The first-order valence-electron chi connectivity index (χ1n) is 13.5. The minimum Gasteiger partial charge on any atom is -0.463 e. The number of hydrogen-bond acceptors (Lipinski definition) is 8. The second-order valence-corrected chi connectivity index (χ2v) is 8.74. The van der Waals surface area contributed by atoms with E-state index >= 15 is 0 Å². The average molecular weight is 476 g/mol. The van der Waals surface area contributed by atoms with E-state index in [4.69, 9.17) is 17.1 Å². The number of aliphatic hydroxyl groups excluding tert-OH is 2. The van der Waals surface area contributed by atoms with Crippen LogP contribution in [-0.2, 0) is 23.1 Å². The van der Waals surface area contributed by atoms with E-state index in [1.807, 2.05) is 0 Å². The number of ether oxygens (including phenoxy) is 1. The first kappa shape index (κ1) is 22.3. The van der Waals surface area contributed by atoms with Crippen LogP contribution in [0.3, 0.4) is 0 Å². The maximum atomic E-state index is 12.0. The number of hydrogen-bond donors (Lipinski definition) is 4. The van der Waals surface area contributed by atoms with E-state index in [-0.39, 0.29) is 6.42 Å². The summed E-state index contributed by atoms with van der Waals surface area (Å²) in [5.41, 5.74) is 0. The molecule has 0 aliphatic rings. The Morgan fingerprint density at radius 3 is 1.97 bits per heavy atom. The van der Waals surface area contributed by atoms with Crippen LogP contribution in [0, 0.1) is 0 Å². The van der Waals surface area contributed by atoms with Gasteiger partial charge in [-0.3, -0.25) is 13.8 Å². The third-order valence-electron chi connectivity index (χ3n) is 4.39. The van der Waals surface area contributed by atoms with Crippen LogP contribution in [0.4, 0.5) is 0 Å². The first-order valence-corrected chi connectivity index (χ1v) is 12.5. The third kappa shape index (κ3) is 21.1. The molecule has 31 heavy (non-hydrogen) atoms. The highest BCUT2D eigenvalue weighted by molar-refractivity contribution is 7.47. The van der Waals surface area contributed by atoms with E-state index in [1.54, 1.807) is 0 Å². The molecule has 0 radical (unpaired) electrons. The lowest BCUT2D eigenvalue weighted by Gasteiger charge is -2.16. The number of aliphatic hydroxyl groups is 3. The molecule has 0 fully saturated rings. The zero-order valence-electron chi connectivity index (χ0n) is 23.5. The summed E-state index contributed by atoms with van der Waals surface area (Å²) in [6.07, 6.45) is 6.94. The zero-order chi connectivity index (χ0) is 27.9. The van der Waals surface area contributed by atoms with Crippen LogP contribution in [0.1, 0.15) is 97.2 Å². The van der Waals surface area contributed by atoms with Gasteiger partial charge in [0.2, 0.25) is 0 Å². The fourth-order valence-corrected chi connectivity index (χ4v) is 3.26. The van der Waals surface area contributed by atoms with E-state index in [1.165, 1.54) is 38.5 Å². The van der Waals surface area contributed by atoms with Gasteiger partial charge in [-0.1, -0.05) is 77.6 Å². The van der Waals surface area contributed by atoms with Crippen molar-refractivity contribution in [3.05, 3.63) is 0 Å². The standard InChI is InChI=1S/C21H43O9P/c1-2-3-4-5-6-7-8-9-10-11-12-13-14-21(25)28-16-20(24)18-30-31(26,27)29-17-19(23)15-22/h19-20,22-24H,2-18H2,1H3,(H,26,27)/t19?,20-/m1/s1/i16D2,18D2,20D. The van der Waals surface area contributed by atoms with Crippen LogP contribution in [0.25, 0.3) is 0 Å². The molecule has 0 aliphatic heterocycles. The molecule has 3 atom stereocenters. The van der Waals surface area contributed by atoms with Crippen LogP contribution in [0.15, 0.2) is 0 Å². The fraction of sp³-hybridized carbons (Fsp3) is 0.952. The van der Waals surface area contributed by atoms with Gasteiger partial charge in [-0.15, -0.1) is 0 Å². The van der Waals surface area contributed by atoms with Crippen molar-refractivity contribution in [2.45, 2.75) is 103 Å². The number of phosphoric ester groups is 1. The molecule has 0 aromatic carbocycles. The van der Waals surface area contributed by atoms with Gasteiger partial charge in [0.25, 0.3) is 0 Å². The summed E-state index contributed by atoms with van der Waals surface area (Å²) in [6.45, 7) is -7.15. The van der Waals surface area contributed by atoms with Crippen molar-refractivity contribution in [3.8, 4) is 0 Å². The van der Waals surface area contributed by atoms with Gasteiger partial charge in [-0.2, -0.15) is 0 Å². The molecule has 10 heteroatoms. The number of unbranched alkanes of at least 4 members (excludes halogenated alkanes) is 11. The Hall–Kier alpha value is -0.540. The third-order valence-corrected chi connectivity index (χ3v) is 5.19. The molecule has 0 spiro atoms. The molecule has 0 aromatic rings. The summed E-state index contributed by atoms with van der Waals surface area (Å²) in [6, 6.07) is 0. The summed E-state index contributed by atoms with van der Waals surface area (Å²) in [7, 11) is -5.36. The Labute approximate surface area is 193 Å². The molecular weight excluding hydrogens is 427 g/mol. The average Bonchev–Trinajstić information content (AvgIpc) is 2.77. The lowest BCUT2D eigenvalue weighted by atomic mass is 10.0. The summed E-state index contributed by atoms with van der Waals surface area (Å²) in [5, 5.41) is 27.9. The van der Waals surface area contributed by atoms with Crippen LogP contribution >= 0.6 is 7.82 Å². The monoisotopic (exact) mass is 475 g/mol. The van der Waals surface area contributed by atoms with Crippen molar-refractivity contribution in [1.29, 1.82) is 0 Å². The molecule has 0 rings (SSSR count). The molecule has 0 aliphatic carbocycles. The molecule has 186 valence electrons. The highest BCUT2D eigenvalue weighted by Gasteiger charge is 2.24. The van der Waals surface area contributed by atoms with Crippen molar-refractivity contribution >= 4 is 13.8 Å². The highest BCUT2D eigenvalue weighted by atomic mass is 31.2. The van der Waals surface area contributed by atoms with E-state index in [0.29, 0.717) is 12.8 Å². The maximum absolute atomic E-state index is 12.0. The van der Waals surface area contributed by atoms with E-state index in [9.17, 15) is 19.4 Å². The predicted molar refractivity (Wildman–Crippen MR) is 117 cm³/mol. The van der Waals surface area contributed by atoms with Crippen molar-refractivity contribution in [2.75, 3.05) is 26.3 Å². The van der Waals surface area contributed by atoms with Gasteiger partial charge in [-0.05, 0) is 6.42 Å². The lowest BCUT2D eigenvalue weighted by molar-refractivity contribution is -0.147. The normalized spacial score (nSPS) is 19.7. The largest absolute Gasteiger partial charge is 0.472 e. The van der Waals surface area contributed by atoms with Crippen molar-refractivity contribution < 1.29 is 50.2 Å². The summed E-state index contributed by atoms with van der Waals surface area (Å²) < 4.78 is 62.8. The van der Waals surface area contributed by atoms with Crippen molar-refractivity contribution in [3.63, 3.8) is 0 Å². The van der Waals surface area contributed by atoms with Gasteiger partial charge in [0.1, 0.15) is 18.7 Å². The quantitative estimate of drug-likeness (QED) is 0.105. The molecule has 0 saturated heterocycles. The molecule has 0 heterocycles. The smallest absolute Gasteiger partial charge is 0.463 e. The van der Waals surface area contributed by atoms with E-state index in [2.05, 4.69) is 20.7 Å². The first-order chi connectivity index (χ1) is 16.6. The van der Waals surface area contributed by atoms with Crippen LogP contribution in [0.2, 0.25) is 0 Å². The molecule has 9 nitrogen and oxygen atoms in total. The van der Waals surface area contributed by atoms with E-state index < -0.39 is 52.3 Å². The Balaban J connectivity index is 4.44. The number of esters is 1. The molecule has 0 bridgehead atoms. The Kier molecular flexibility index (Phi) is 14.4. The Bertz CT molecular complexity index is 668. The molecule has 0 aromatic heterocycles.